The summed E-state index contributed by atoms with van der Waals surface area (Å²) in [7, 11) is 0. The standard InChI is InChI=1S/C14H22N4O/c1-11(2)14(19)18-7-3-6-17(8-9-18)13-5-4-12(15)10-16-13/h4-5,10-11H,3,6-9,15H2,1-2H3. The first-order chi connectivity index (χ1) is 9.08. The average Bonchev–Trinajstić information content (AvgIpc) is 2.64. The van der Waals surface area contributed by atoms with Gasteiger partial charge in [0.1, 0.15) is 5.82 Å². The van der Waals surface area contributed by atoms with E-state index in [1.165, 1.54) is 0 Å². The Balaban J connectivity index is 2.00. The second-order valence-corrected chi connectivity index (χ2v) is 5.27. The van der Waals surface area contributed by atoms with Crippen LogP contribution in [0.3, 0.4) is 0 Å². The van der Waals surface area contributed by atoms with Crippen LogP contribution in [0.4, 0.5) is 11.5 Å². The van der Waals surface area contributed by atoms with Gasteiger partial charge in [-0.1, -0.05) is 13.8 Å². The normalized spacial score (nSPS) is 16.6. The molecule has 1 aliphatic heterocycles. The van der Waals surface area contributed by atoms with E-state index in [-0.39, 0.29) is 11.8 Å². The number of pyridine rings is 1. The summed E-state index contributed by atoms with van der Waals surface area (Å²) in [5.41, 5.74) is 6.32. The summed E-state index contributed by atoms with van der Waals surface area (Å²) in [6, 6.07) is 3.81. The third-order valence-electron chi connectivity index (χ3n) is 3.40. The molecule has 1 aliphatic rings. The maximum atomic E-state index is 12.0. The van der Waals surface area contributed by atoms with E-state index in [0.29, 0.717) is 5.69 Å². The van der Waals surface area contributed by atoms with E-state index in [9.17, 15) is 4.79 Å². The lowest BCUT2D eigenvalue weighted by atomic mass is 10.2. The van der Waals surface area contributed by atoms with Gasteiger partial charge in [0.2, 0.25) is 5.91 Å². The van der Waals surface area contributed by atoms with E-state index in [1.54, 1.807) is 6.20 Å². The molecule has 2 heterocycles. The Labute approximate surface area is 114 Å². The summed E-state index contributed by atoms with van der Waals surface area (Å²) in [5.74, 6) is 1.25. The predicted octanol–water partition coefficient (Wildman–Crippen LogP) is 1.36. The van der Waals surface area contributed by atoms with Crippen LogP contribution >= 0.6 is 0 Å². The minimum atomic E-state index is 0.0706. The van der Waals surface area contributed by atoms with Gasteiger partial charge in [-0.2, -0.15) is 0 Å². The summed E-state index contributed by atoms with van der Waals surface area (Å²) in [5, 5.41) is 0. The lowest BCUT2D eigenvalue weighted by Gasteiger charge is -2.24. The van der Waals surface area contributed by atoms with Crippen molar-refractivity contribution in [1.29, 1.82) is 0 Å². The second-order valence-electron chi connectivity index (χ2n) is 5.27. The minimum Gasteiger partial charge on any atom is -0.397 e. The van der Waals surface area contributed by atoms with E-state index in [4.69, 9.17) is 5.73 Å². The lowest BCUT2D eigenvalue weighted by Crippen LogP contribution is -2.37. The smallest absolute Gasteiger partial charge is 0.225 e. The predicted molar refractivity (Wildman–Crippen MR) is 76.9 cm³/mol. The first kappa shape index (κ1) is 13.6. The monoisotopic (exact) mass is 262 g/mol. The average molecular weight is 262 g/mol. The van der Waals surface area contributed by atoms with Gasteiger partial charge in [-0.15, -0.1) is 0 Å². The van der Waals surface area contributed by atoms with Crippen molar-refractivity contribution in [2.24, 2.45) is 5.92 Å². The molecule has 5 heteroatoms. The molecule has 2 N–H and O–H groups in total. The van der Waals surface area contributed by atoms with Gasteiger partial charge < -0.3 is 15.5 Å². The van der Waals surface area contributed by atoms with Crippen molar-refractivity contribution in [1.82, 2.24) is 9.88 Å². The molecule has 1 aromatic heterocycles. The van der Waals surface area contributed by atoms with Crippen LogP contribution in [-0.2, 0) is 4.79 Å². The zero-order valence-corrected chi connectivity index (χ0v) is 11.7. The molecule has 0 aliphatic carbocycles. The Morgan fingerprint density at radius 2 is 2.05 bits per heavy atom. The fourth-order valence-electron chi connectivity index (χ4n) is 2.32. The summed E-state index contributed by atoms with van der Waals surface area (Å²) < 4.78 is 0. The number of carbonyl (C=O) groups is 1. The summed E-state index contributed by atoms with van der Waals surface area (Å²) in [4.78, 5) is 20.5. The van der Waals surface area contributed by atoms with Crippen LogP contribution in [0, 0.1) is 5.92 Å². The van der Waals surface area contributed by atoms with Crippen molar-refractivity contribution in [2.45, 2.75) is 20.3 Å². The van der Waals surface area contributed by atoms with Gasteiger partial charge in [0.25, 0.3) is 0 Å². The second kappa shape index (κ2) is 5.91. The highest BCUT2D eigenvalue weighted by molar-refractivity contribution is 5.78. The van der Waals surface area contributed by atoms with Gasteiger partial charge in [0.05, 0.1) is 11.9 Å². The van der Waals surface area contributed by atoms with Crippen LogP contribution in [0.5, 0.6) is 0 Å². The van der Waals surface area contributed by atoms with Gasteiger partial charge in [0, 0.05) is 32.1 Å². The van der Waals surface area contributed by atoms with Crippen molar-refractivity contribution < 1.29 is 4.79 Å². The summed E-state index contributed by atoms with van der Waals surface area (Å²) >= 11 is 0. The molecule has 19 heavy (non-hydrogen) atoms. The van der Waals surface area contributed by atoms with E-state index in [0.717, 1.165) is 38.4 Å². The molecule has 1 amide bonds. The van der Waals surface area contributed by atoms with Crippen LogP contribution in [0.1, 0.15) is 20.3 Å². The number of hydrogen-bond acceptors (Lipinski definition) is 4. The molecule has 5 nitrogen and oxygen atoms in total. The van der Waals surface area contributed by atoms with E-state index < -0.39 is 0 Å². The molecule has 0 aromatic carbocycles. The van der Waals surface area contributed by atoms with Gasteiger partial charge >= 0.3 is 0 Å². The fraction of sp³-hybridized carbons (Fsp3) is 0.571. The molecule has 104 valence electrons. The highest BCUT2D eigenvalue weighted by Crippen LogP contribution is 2.15. The Kier molecular flexibility index (Phi) is 4.24. The Hall–Kier alpha value is -1.78. The van der Waals surface area contributed by atoms with E-state index in [2.05, 4.69) is 9.88 Å². The molecule has 0 saturated carbocycles. The number of amides is 1. The van der Waals surface area contributed by atoms with E-state index in [1.807, 2.05) is 30.9 Å². The molecule has 0 radical (unpaired) electrons. The van der Waals surface area contributed by atoms with Crippen LogP contribution < -0.4 is 10.6 Å². The van der Waals surface area contributed by atoms with Crippen molar-refractivity contribution in [2.75, 3.05) is 36.8 Å². The van der Waals surface area contributed by atoms with Gasteiger partial charge in [-0.05, 0) is 18.6 Å². The molecular weight excluding hydrogens is 240 g/mol. The lowest BCUT2D eigenvalue weighted by molar-refractivity contribution is -0.134. The fourth-order valence-corrected chi connectivity index (χ4v) is 2.32. The van der Waals surface area contributed by atoms with Crippen LogP contribution in [-0.4, -0.2) is 42.0 Å². The minimum absolute atomic E-state index is 0.0706. The van der Waals surface area contributed by atoms with Crippen molar-refractivity contribution >= 4 is 17.4 Å². The number of rotatable bonds is 2. The van der Waals surface area contributed by atoms with Gasteiger partial charge in [-0.3, -0.25) is 4.79 Å². The van der Waals surface area contributed by atoms with Crippen LogP contribution in [0.15, 0.2) is 18.3 Å². The number of nitrogens with zero attached hydrogens (tertiary/aromatic N) is 3. The largest absolute Gasteiger partial charge is 0.397 e. The third-order valence-corrected chi connectivity index (χ3v) is 3.40. The molecule has 0 spiro atoms. The zero-order chi connectivity index (χ0) is 13.8. The maximum Gasteiger partial charge on any atom is 0.225 e. The Bertz CT molecular complexity index is 430. The molecular formula is C14H22N4O. The summed E-state index contributed by atoms with van der Waals surface area (Å²) in [6.45, 7) is 7.26. The van der Waals surface area contributed by atoms with Crippen molar-refractivity contribution in [3.8, 4) is 0 Å². The first-order valence-electron chi connectivity index (χ1n) is 6.83. The molecule has 1 aromatic rings. The topological polar surface area (TPSA) is 62.5 Å². The molecule has 1 fully saturated rings. The number of nitrogens with two attached hydrogens (primary N) is 1. The highest BCUT2D eigenvalue weighted by Gasteiger charge is 2.21. The quantitative estimate of drug-likeness (QED) is 0.874. The summed E-state index contributed by atoms with van der Waals surface area (Å²) in [6.07, 6.45) is 2.65. The number of aromatic nitrogens is 1. The highest BCUT2D eigenvalue weighted by atomic mass is 16.2. The number of carbonyl (C=O) groups excluding carboxylic acids is 1. The zero-order valence-electron chi connectivity index (χ0n) is 11.7. The third kappa shape index (κ3) is 3.36. The molecule has 0 unspecified atom stereocenters. The van der Waals surface area contributed by atoms with Crippen molar-refractivity contribution in [3.63, 3.8) is 0 Å². The molecule has 2 rings (SSSR count). The first-order valence-corrected chi connectivity index (χ1v) is 6.83. The molecule has 0 bridgehead atoms. The Morgan fingerprint density at radius 3 is 2.68 bits per heavy atom. The van der Waals surface area contributed by atoms with E-state index >= 15 is 0 Å². The van der Waals surface area contributed by atoms with Crippen LogP contribution in [0.25, 0.3) is 0 Å². The molecule has 0 atom stereocenters. The molecule has 1 saturated heterocycles. The number of hydrogen-bond donors (Lipinski definition) is 1. The SMILES string of the molecule is CC(C)C(=O)N1CCCN(c2ccc(N)cn2)CC1. The van der Waals surface area contributed by atoms with Crippen LogP contribution in [0.2, 0.25) is 0 Å². The number of nitrogen functional groups attached to an aromatic ring is 1. The van der Waals surface area contributed by atoms with Gasteiger partial charge in [-0.25, -0.2) is 4.98 Å². The van der Waals surface area contributed by atoms with Crippen molar-refractivity contribution in [3.05, 3.63) is 18.3 Å². The Morgan fingerprint density at radius 1 is 1.26 bits per heavy atom. The number of anilines is 2. The van der Waals surface area contributed by atoms with Gasteiger partial charge in [0.15, 0.2) is 0 Å². The maximum absolute atomic E-state index is 12.0.